The Morgan fingerprint density at radius 1 is 1.15 bits per heavy atom. The van der Waals surface area contributed by atoms with Crippen molar-refractivity contribution in [3.63, 3.8) is 0 Å². The number of nitrogens with zero attached hydrogens (tertiary/aromatic N) is 6. The van der Waals surface area contributed by atoms with Gasteiger partial charge in [-0.05, 0) is 38.0 Å². The lowest BCUT2D eigenvalue weighted by Gasteiger charge is -2.37. The number of anilines is 1. The molecule has 4 heterocycles. The second-order valence-corrected chi connectivity index (χ2v) is 9.23. The first kappa shape index (κ1) is 23.0. The van der Waals surface area contributed by atoms with Crippen LogP contribution in [0.4, 0.5) is 10.6 Å². The summed E-state index contributed by atoms with van der Waals surface area (Å²) < 4.78 is 1.81. The van der Waals surface area contributed by atoms with Gasteiger partial charge in [0.05, 0.1) is 5.69 Å². The maximum Gasteiger partial charge on any atom is 0.407 e. The fraction of sp³-hybridized carbons (Fsp3) is 0.609. The molecule has 178 valence electrons. The standard InChI is InChI=1S/C23H33N7O3/c1-16(2)19-14-20(27-22(26-19)29-12-8-24-15-29)30-9-4-3-5-18(30)13-21(31)25-17-6-10-28(11-7-17)23(32)33/h8,12,14-18H,3-7,9-11,13H2,1-2H3,(H,25,31)(H,32,33). The Hall–Kier alpha value is -3.17. The van der Waals surface area contributed by atoms with E-state index in [0.717, 1.165) is 37.3 Å². The molecule has 0 aromatic carbocycles. The molecule has 2 aliphatic heterocycles. The topological polar surface area (TPSA) is 116 Å². The van der Waals surface area contributed by atoms with Gasteiger partial charge in [0.2, 0.25) is 11.9 Å². The molecule has 2 aromatic rings. The third kappa shape index (κ3) is 5.61. The van der Waals surface area contributed by atoms with E-state index in [-0.39, 0.29) is 23.9 Å². The van der Waals surface area contributed by atoms with Gasteiger partial charge < -0.3 is 20.2 Å². The molecule has 1 unspecified atom stereocenters. The van der Waals surface area contributed by atoms with Crippen LogP contribution in [0.25, 0.3) is 5.95 Å². The second kappa shape index (κ2) is 10.2. The van der Waals surface area contributed by atoms with Crippen molar-refractivity contribution in [2.75, 3.05) is 24.5 Å². The Kier molecular flexibility index (Phi) is 7.10. The summed E-state index contributed by atoms with van der Waals surface area (Å²) in [6, 6.07) is 2.15. The molecule has 10 heteroatoms. The fourth-order valence-electron chi connectivity index (χ4n) is 4.61. The molecule has 0 radical (unpaired) electrons. The number of likely N-dealkylation sites (tertiary alicyclic amines) is 1. The van der Waals surface area contributed by atoms with Gasteiger partial charge in [-0.25, -0.2) is 14.8 Å². The zero-order chi connectivity index (χ0) is 23.4. The lowest BCUT2D eigenvalue weighted by molar-refractivity contribution is -0.122. The van der Waals surface area contributed by atoms with Gasteiger partial charge in [0.25, 0.3) is 0 Å². The summed E-state index contributed by atoms with van der Waals surface area (Å²) in [6.45, 7) is 6.01. The van der Waals surface area contributed by atoms with E-state index in [1.807, 2.05) is 16.8 Å². The summed E-state index contributed by atoms with van der Waals surface area (Å²) >= 11 is 0. The van der Waals surface area contributed by atoms with Crippen molar-refractivity contribution in [1.82, 2.24) is 29.7 Å². The number of amides is 2. The van der Waals surface area contributed by atoms with E-state index >= 15 is 0 Å². The van der Waals surface area contributed by atoms with E-state index in [1.54, 1.807) is 12.5 Å². The third-order valence-electron chi connectivity index (χ3n) is 6.52. The highest BCUT2D eigenvalue weighted by molar-refractivity contribution is 5.77. The smallest absolute Gasteiger partial charge is 0.407 e. The summed E-state index contributed by atoms with van der Waals surface area (Å²) in [5.41, 5.74) is 0.961. The third-order valence-corrected chi connectivity index (χ3v) is 6.52. The molecular formula is C23H33N7O3. The average molecular weight is 456 g/mol. The molecule has 2 amide bonds. The maximum atomic E-state index is 12.9. The Balaban J connectivity index is 1.46. The number of aromatic nitrogens is 4. The monoisotopic (exact) mass is 455 g/mol. The van der Waals surface area contributed by atoms with Gasteiger partial charge in [0, 0.05) is 56.6 Å². The van der Waals surface area contributed by atoms with Gasteiger partial charge in [-0.15, -0.1) is 0 Å². The van der Waals surface area contributed by atoms with Crippen LogP contribution in [0.2, 0.25) is 0 Å². The molecule has 2 fully saturated rings. The van der Waals surface area contributed by atoms with Gasteiger partial charge in [-0.2, -0.15) is 4.98 Å². The van der Waals surface area contributed by atoms with Gasteiger partial charge >= 0.3 is 6.09 Å². The molecule has 10 nitrogen and oxygen atoms in total. The zero-order valence-electron chi connectivity index (χ0n) is 19.4. The molecule has 1 atom stereocenters. The molecular weight excluding hydrogens is 422 g/mol. The van der Waals surface area contributed by atoms with Crippen molar-refractivity contribution in [2.24, 2.45) is 0 Å². The minimum absolute atomic E-state index is 0.0219. The van der Waals surface area contributed by atoms with Crippen LogP contribution in [0.3, 0.4) is 0 Å². The number of carbonyl (C=O) groups is 2. The van der Waals surface area contributed by atoms with Gasteiger partial charge in [-0.1, -0.05) is 13.8 Å². The number of carbonyl (C=O) groups excluding carboxylic acids is 1. The van der Waals surface area contributed by atoms with Crippen LogP contribution in [-0.2, 0) is 4.79 Å². The summed E-state index contributed by atoms with van der Waals surface area (Å²) in [7, 11) is 0. The van der Waals surface area contributed by atoms with Gasteiger partial charge in [0.1, 0.15) is 12.1 Å². The molecule has 0 aliphatic carbocycles. The molecule has 2 saturated heterocycles. The lowest BCUT2D eigenvalue weighted by Crippen LogP contribution is -2.48. The first-order valence-corrected chi connectivity index (χ1v) is 11.8. The summed E-state index contributed by atoms with van der Waals surface area (Å²) in [5.74, 6) is 1.71. The molecule has 2 aromatic heterocycles. The van der Waals surface area contributed by atoms with Crippen LogP contribution in [-0.4, -0.2) is 73.2 Å². The fourth-order valence-corrected chi connectivity index (χ4v) is 4.61. The molecule has 2 aliphatic rings. The zero-order valence-corrected chi connectivity index (χ0v) is 19.4. The highest BCUT2D eigenvalue weighted by Gasteiger charge is 2.29. The van der Waals surface area contributed by atoms with E-state index in [0.29, 0.717) is 38.3 Å². The maximum absolute atomic E-state index is 12.9. The van der Waals surface area contributed by atoms with Crippen molar-refractivity contribution in [2.45, 2.75) is 70.4 Å². The van der Waals surface area contributed by atoms with Crippen LogP contribution < -0.4 is 10.2 Å². The number of carboxylic acid groups (broad SMARTS) is 1. The van der Waals surface area contributed by atoms with Crippen LogP contribution in [0.1, 0.15) is 64.0 Å². The molecule has 4 rings (SSSR count). The van der Waals surface area contributed by atoms with E-state index in [1.165, 1.54) is 4.90 Å². The number of rotatable bonds is 6. The minimum atomic E-state index is -0.890. The van der Waals surface area contributed by atoms with Crippen molar-refractivity contribution in [3.8, 4) is 5.95 Å². The van der Waals surface area contributed by atoms with E-state index in [4.69, 9.17) is 15.1 Å². The molecule has 0 bridgehead atoms. The Bertz CT molecular complexity index is 955. The van der Waals surface area contributed by atoms with Crippen LogP contribution >= 0.6 is 0 Å². The Morgan fingerprint density at radius 2 is 1.94 bits per heavy atom. The normalized spacial score (nSPS) is 19.7. The average Bonchev–Trinajstić information content (AvgIpc) is 3.34. The predicted molar refractivity (Wildman–Crippen MR) is 124 cm³/mol. The van der Waals surface area contributed by atoms with Crippen LogP contribution in [0.5, 0.6) is 0 Å². The number of imidazole rings is 1. The predicted octanol–water partition coefficient (Wildman–Crippen LogP) is 2.79. The molecule has 33 heavy (non-hydrogen) atoms. The van der Waals surface area contributed by atoms with Crippen LogP contribution in [0, 0.1) is 0 Å². The number of nitrogens with one attached hydrogen (secondary N) is 1. The highest BCUT2D eigenvalue weighted by Crippen LogP contribution is 2.28. The highest BCUT2D eigenvalue weighted by atomic mass is 16.4. The van der Waals surface area contributed by atoms with Crippen molar-refractivity contribution in [3.05, 3.63) is 30.5 Å². The first-order valence-electron chi connectivity index (χ1n) is 11.8. The lowest BCUT2D eigenvalue weighted by atomic mass is 9.98. The van der Waals surface area contributed by atoms with Crippen LogP contribution in [0.15, 0.2) is 24.8 Å². The van der Waals surface area contributed by atoms with E-state index in [2.05, 4.69) is 29.0 Å². The van der Waals surface area contributed by atoms with E-state index in [9.17, 15) is 9.59 Å². The Labute approximate surface area is 194 Å². The SMILES string of the molecule is CC(C)c1cc(N2CCCCC2CC(=O)NC2CCN(C(=O)O)CC2)nc(-n2ccnc2)n1. The van der Waals surface area contributed by atoms with Crippen molar-refractivity contribution < 1.29 is 14.7 Å². The molecule has 2 N–H and O–H groups in total. The van der Waals surface area contributed by atoms with E-state index < -0.39 is 6.09 Å². The number of hydrogen-bond donors (Lipinski definition) is 2. The summed E-state index contributed by atoms with van der Waals surface area (Å²) in [5, 5.41) is 12.2. The molecule has 0 saturated carbocycles. The number of hydrogen-bond acceptors (Lipinski definition) is 6. The summed E-state index contributed by atoms with van der Waals surface area (Å²) in [4.78, 5) is 41.3. The quantitative estimate of drug-likeness (QED) is 0.688. The minimum Gasteiger partial charge on any atom is -0.465 e. The second-order valence-electron chi connectivity index (χ2n) is 9.23. The van der Waals surface area contributed by atoms with Crippen molar-refractivity contribution >= 4 is 17.8 Å². The largest absolute Gasteiger partial charge is 0.465 e. The Morgan fingerprint density at radius 3 is 2.61 bits per heavy atom. The van der Waals surface area contributed by atoms with Gasteiger partial charge in [-0.3, -0.25) is 9.36 Å². The first-order chi connectivity index (χ1) is 15.9. The molecule has 0 spiro atoms. The number of piperidine rings is 2. The van der Waals surface area contributed by atoms with Gasteiger partial charge in [0.15, 0.2) is 0 Å². The van der Waals surface area contributed by atoms with Crippen molar-refractivity contribution in [1.29, 1.82) is 0 Å². The summed E-state index contributed by atoms with van der Waals surface area (Å²) in [6.07, 6.45) is 9.15.